The molecular weight excluding hydrogens is 500 g/mol. The third kappa shape index (κ3) is 5.67. The Balaban J connectivity index is 1.46. The summed E-state index contributed by atoms with van der Waals surface area (Å²) >= 11 is 0. The van der Waals surface area contributed by atoms with Crippen molar-refractivity contribution >= 4 is 17.4 Å². The Labute approximate surface area is 236 Å². The standard InChI is InChI=1S/C34H36N2O4/c1-22-31(34(38)40-19-18-23-8-6-5-7-9-23)32(25-10-14-27(15-11-25)36(2)3)33-29(35-22)20-26(21-30(33)37)24-12-16-28(39-4)17-13-24/h5-17,26,32,35H,18-21H2,1-4H3/t26-,32-/m1/s1. The molecule has 3 aromatic rings. The Morgan fingerprint density at radius 3 is 2.25 bits per heavy atom. The number of methoxy groups -OCH3 is 1. The van der Waals surface area contributed by atoms with Crippen molar-refractivity contribution in [1.82, 2.24) is 5.32 Å². The Kier molecular flexibility index (Phi) is 8.06. The number of ether oxygens (including phenoxy) is 2. The summed E-state index contributed by atoms with van der Waals surface area (Å²) < 4.78 is 11.1. The lowest BCUT2D eigenvalue weighted by atomic mass is 9.71. The molecule has 0 radical (unpaired) electrons. The molecule has 5 rings (SSSR count). The molecule has 0 saturated heterocycles. The van der Waals surface area contributed by atoms with Crippen LogP contribution in [-0.2, 0) is 20.7 Å². The van der Waals surface area contributed by atoms with Gasteiger partial charge < -0.3 is 19.7 Å². The monoisotopic (exact) mass is 536 g/mol. The summed E-state index contributed by atoms with van der Waals surface area (Å²) in [4.78, 5) is 29.5. The molecule has 1 aliphatic carbocycles. The van der Waals surface area contributed by atoms with E-state index < -0.39 is 5.92 Å². The van der Waals surface area contributed by atoms with Gasteiger partial charge in [0.2, 0.25) is 0 Å². The summed E-state index contributed by atoms with van der Waals surface area (Å²) in [5, 5.41) is 3.44. The molecule has 206 valence electrons. The van der Waals surface area contributed by atoms with Crippen LogP contribution in [0.3, 0.4) is 0 Å². The summed E-state index contributed by atoms with van der Waals surface area (Å²) in [7, 11) is 5.63. The normalized spacial score (nSPS) is 18.6. The van der Waals surface area contributed by atoms with Crippen LogP contribution in [0.2, 0.25) is 0 Å². The number of nitrogens with one attached hydrogen (secondary N) is 1. The second-order valence-electron chi connectivity index (χ2n) is 10.6. The lowest BCUT2D eigenvalue weighted by Gasteiger charge is -2.37. The Morgan fingerprint density at radius 2 is 1.60 bits per heavy atom. The summed E-state index contributed by atoms with van der Waals surface area (Å²) in [6.07, 6.45) is 1.70. The predicted octanol–water partition coefficient (Wildman–Crippen LogP) is 5.91. The number of allylic oxidation sites excluding steroid dienone is 3. The van der Waals surface area contributed by atoms with E-state index in [1.165, 1.54) is 0 Å². The van der Waals surface area contributed by atoms with Crippen LogP contribution in [0.15, 0.2) is 101 Å². The summed E-state index contributed by atoms with van der Waals surface area (Å²) in [6.45, 7) is 2.17. The molecule has 2 aliphatic rings. The SMILES string of the molecule is COc1ccc([C@H]2CC(=O)C3=C(C2)NC(C)=C(C(=O)OCCc2ccccc2)[C@H]3c2ccc(N(C)C)cc2)cc1. The highest BCUT2D eigenvalue weighted by Crippen LogP contribution is 2.46. The van der Waals surface area contributed by atoms with Gasteiger partial charge in [-0.1, -0.05) is 54.6 Å². The Hall–Kier alpha value is -4.32. The quantitative estimate of drug-likeness (QED) is 0.361. The van der Waals surface area contributed by atoms with E-state index in [0.29, 0.717) is 30.4 Å². The molecule has 1 heterocycles. The number of ketones is 1. The van der Waals surface area contributed by atoms with Gasteiger partial charge in [-0.15, -0.1) is 0 Å². The van der Waals surface area contributed by atoms with Crippen LogP contribution in [0, 0.1) is 0 Å². The third-order valence-corrected chi connectivity index (χ3v) is 7.84. The summed E-state index contributed by atoms with van der Waals surface area (Å²) in [6, 6.07) is 26.0. The van der Waals surface area contributed by atoms with E-state index in [1.54, 1.807) is 7.11 Å². The van der Waals surface area contributed by atoms with Gasteiger partial charge in [0.05, 0.1) is 19.3 Å². The zero-order valence-electron chi connectivity index (χ0n) is 23.6. The highest BCUT2D eigenvalue weighted by Gasteiger charge is 2.41. The second-order valence-corrected chi connectivity index (χ2v) is 10.6. The number of benzene rings is 3. The fourth-order valence-corrected chi connectivity index (χ4v) is 5.70. The molecule has 0 spiro atoms. The van der Waals surface area contributed by atoms with Crippen molar-refractivity contribution in [3.8, 4) is 5.75 Å². The second kappa shape index (κ2) is 11.8. The molecule has 1 N–H and O–H groups in total. The number of hydrogen-bond donors (Lipinski definition) is 1. The lowest BCUT2D eigenvalue weighted by molar-refractivity contribution is -0.139. The van der Waals surface area contributed by atoms with Gasteiger partial charge >= 0.3 is 5.97 Å². The largest absolute Gasteiger partial charge is 0.497 e. The zero-order chi connectivity index (χ0) is 28.2. The van der Waals surface area contributed by atoms with Crippen molar-refractivity contribution in [3.05, 3.63) is 118 Å². The van der Waals surface area contributed by atoms with Crippen LogP contribution in [0.5, 0.6) is 5.75 Å². The first-order valence-electron chi connectivity index (χ1n) is 13.7. The molecular formula is C34H36N2O4. The molecule has 0 bridgehead atoms. The van der Waals surface area contributed by atoms with Crippen molar-refractivity contribution in [2.45, 2.75) is 38.0 Å². The number of nitrogens with zero attached hydrogens (tertiary/aromatic N) is 1. The summed E-state index contributed by atoms with van der Waals surface area (Å²) in [5.74, 6) is 0.0178. The maximum absolute atomic E-state index is 13.9. The lowest BCUT2D eigenvalue weighted by Crippen LogP contribution is -2.36. The Morgan fingerprint density at radius 1 is 0.925 bits per heavy atom. The van der Waals surface area contributed by atoms with Gasteiger partial charge in [0.15, 0.2) is 5.78 Å². The maximum Gasteiger partial charge on any atom is 0.336 e. The first-order valence-corrected chi connectivity index (χ1v) is 13.7. The molecule has 1 aliphatic heterocycles. The van der Waals surface area contributed by atoms with E-state index >= 15 is 0 Å². The zero-order valence-corrected chi connectivity index (χ0v) is 23.6. The van der Waals surface area contributed by atoms with E-state index in [4.69, 9.17) is 9.47 Å². The van der Waals surface area contributed by atoms with Crippen molar-refractivity contribution in [3.63, 3.8) is 0 Å². The van der Waals surface area contributed by atoms with Crippen molar-refractivity contribution in [2.75, 3.05) is 32.7 Å². The van der Waals surface area contributed by atoms with E-state index in [2.05, 4.69) is 5.32 Å². The molecule has 0 aromatic heterocycles. The minimum absolute atomic E-state index is 0.0496. The van der Waals surface area contributed by atoms with Gasteiger partial charge in [-0.05, 0) is 60.2 Å². The van der Waals surface area contributed by atoms with E-state index in [1.807, 2.05) is 105 Å². The third-order valence-electron chi connectivity index (χ3n) is 7.84. The first kappa shape index (κ1) is 27.3. The van der Waals surface area contributed by atoms with Crippen LogP contribution >= 0.6 is 0 Å². The van der Waals surface area contributed by atoms with E-state index in [9.17, 15) is 9.59 Å². The van der Waals surface area contributed by atoms with Crippen LogP contribution in [-0.4, -0.2) is 39.6 Å². The van der Waals surface area contributed by atoms with Crippen LogP contribution in [0.25, 0.3) is 0 Å². The van der Waals surface area contributed by atoms with Gasteiger partial charge in [0.25, 0.3) is 0 Å². The molecule has 2 atom stereocenters. The fraction of sp³-hybridized carbons (Fsp3) is 0.294. The highest BCUT2D eigenvalue weighted by atomic mass is 16.5. The van der Waals surface area contributed by atoms with Gasteiger partial charge in [-0.3, -0.25) is 4.79 Å². The van der Waals surface area contributed by atoms with Gasteiger partial charge in [0, 0.05) is 55.5 Å². The van der Waals surface area contributed by atoms with Gasteiger partial charge in [-0.2, -0.15) is 0 Å². The molecule has 6 heteroatoms. The van der Waals surface area contributed by atoms with Crippen molar-refractivity contribution < 1.29 is 19.1 Å². The van der Waals surface area contributed by atoms with Gasteiger partial charge in [0.1, 0.15) is 5.75 Å². The van der Waals surface area contributed by atoms with Gasteiger partial charge in [-0.25, -0.2) is 4.79 Å². The number of esters is 1. The fourth-order valence-electron chi connectivity index (χ4n) is 5.70. The average molecular weight is 537 g/mol. The van der Waals surface area contributed by atoms with Crippen LogP contribution < -0.4 is 15.0 Å². The first-order chi connectivity index (χ1) is 19.4. The highest BCUT2D eigenvalue weighted by molar-refractivity contribution is 6.04. The predicted molar refractivity (Wildman–Crippen MR) is 157 cm³/mol. The number of anilines is 1. The number of hydrogen-bond acceptors (Lipinski definition) is 6. The topological polar surface area (TPSA) is 67.9 Å². The number of carbonyl (C=O) groups is 2. The molecule has 0 unspecified atom stereocenters. The number of Topliss-reactive ketones (excluding diaryl/α,β-unsaturated/α-hetero) is 1. The van der Waals surface area contributed by atoms with E-state index in [-0.39, 0.29) is 24.3 Å². The van der Waals surface area contributed by atoms with E-state index in [0.717, 1.165) is 39.5 Å². The minimum Gasteiger partial charge on any atom is -0.497 e. The minimum atomic E-state index is -0.485. The van der Waals surface area contributed by atoms with Crippen LogP contribution in [0.4, 0.5) is 5.69 Å². The molecule has 0 fully saturated rings. The van der Waals surface area contributed by atoms with Crippen LogP contribution in [0.1, 0.15) is 48.3 Å². The van der Waals surface area contributed by atoms with Crippen molar-refractivity contribution in [1.29, 1.82) is 0 Å². The summed E-state index contributed by atoms with van der Waals surface area (Å²) in [5.41, 5.74) is 6.95. The smallest absolute Gasteiger partial charge is 0.336 e. The molecule has 3 aromatic carbocycles. The van der Waals surface area contributed by atoms with Crippen molar-refractivity contribution in [2.24, 2.45) is 0 Å². The average Bonchev–Trinajstić information content (AvgIpc) is 2.97. The Bertz CT molecular complexity index is 1440. The molecule has 40 heavy (non-hydrogen) atoms. The molecule has 6 nitrogen and oxygen atoms in total. The molecule has 0 saturated carbocycles. The number of dihydropyridines is 1. The molecule has 0 amide bonds. The number of rotatable bonds is 8. The number of carbonyl (C=O) groups excluding carboxylic acids is 2. The maximum atomic E-state index is 13.9.